The third-order valence-electron chi connectivity index (χ3n) is 3.95. The fourth-order valence-electron chi connectivity index (χ4n) is 2.57. The minimum absolute atomic E-state index is 0.342. The Morgan fingerprint density at radius 3 is 2.35 bits per heavy atom. The standard InChI is InChI=1S/C19H17N3O4/c1-2-12-8-10-14(11-9-12)22-18(25)15(17(24)21-19(22)26)16(23)20-13-6-4-3-5-7-13/h3-11,25H,2H2,1H3,(H,20,23)(H,21,24,26). The summed E-state index contributed by atoms with van der Waals surface area (Å²) in [5.74, 6) is -1.52. The van der Waals surface area contributed by atoms with Crippen molar-refractivity contribution in [2.24, 2.45) is 0 Å². The maximum atomic E-state index is 12.4. The Bertz CT molecular complexity index is 1050. The van der Waals surface area contributed by atoms with E-state index in [9.17, 15) is 19.5 Å². The zero-order chi connectivity index (χ0) is 18.7. The van der Waals surface area contributed by atoms with Crippen LogP contribution < -0.4 is 16.6 Å². The lowest BCUT2D eigenvalue weighted by Gasteiger charge is -2.12. The zero-order valence-corrected chi connectivity index (χ0v) is 14.0. The second-order valence-corrected chi connectivity index (χ2v) is 5.63. The number of nitrogens with zero attached hydrogens (tertiary/aromatic N) is 1. The van der Waals surface area contributed by atoms with Gasteiger partial charge in [-0.3, -0.25) is 14.6 Å². The molecule has 0 saturated carbocycles. The van der Waals surface area contributed by atoms with E-state index in [1.54, 1.807) is 54.6 Å². The van der Waals surface area contributed by atoms with Crippen molar-refractivity contribution >= 4 is 11.6 Å². The molecule has 3 rings (SSSR count). The van der Waals surface area contributed by atoms with Crippen LogP contribution in [0.25, 0.3) is 5.69 Å². The molecule has 0 spiro atoms. The number of benzene rings is 2. The normalized spacial score (nSPS) is 10.5. The molecule has 2 aromatic carbocycles. The van der Waals surface area contributed by atoms with E-state index < -0.39 is 28.6 Å². The topological polar surface area (TPSA) is 104 Å². The molecule has 0 aliphatic rings. The summed E-state index contributed by atoms with van der Waals surface area (Å²) in [6.45, 7) is 1.99. The Morgan fingerprint density at radius 1 is 1.08 bits per heavy atom. The molecular weight excluding hydrogens is 334 g/mol. The number of aromatic hydroxyl groups is 1. The van der Waals surface area contributed by atoms with Gasteiger partial charge in [-0.15, -0.1) is 0 Å². The quantitative estimate of drug-likeness (QED) is 0.669. The molecule has 0 aliphatic heterocycles. The maximum absolute atomic E-state index is 12.4. The molecule has 0 radical (unpaired) electrons. The molecule has 0 saturated heterocycles. The SMILES string of the molecule is CCc1ccc(-n2c(O)c(C(=O)Nc3ccccc3)c(=O)[nH]c2=O)cc1. The molecule has 3 aromatic rings. The average Bonchev–Trinajstić information content (AvgIpc) is 2.62. The van der Waals surface area contributed by atoms with Crippen molar-refractivity contribution in [3.05, 3.63) is 86.6 Å². The molecule has 1 heterocycles. The van der Waals surface area contributed by atoms with Crippen molar-refractivity contribution in [2.75, 3.05) is 5.32 Å². The predicted octanol–water partition coefficient (Wildman–Crippen LogP) is 2.05. The molecule has 0 fully saturated rings. The number of hydrogen-bond acceptors (Lipinski definition) is 4. The Morgan fingerprint density at radius 2 is 1.73 bits per heavy atom. The first kappa shape index (κ1) is 17.2. The lowest BCUT2D eigenvalue weighted by Crippen LogP contribution is -2.34. The highest BCUT2D eigenvalue weighted by Crippen LogP contribution is 2.18. The van der Waals surface area contributed by atoms with Crippen LogP contribution in [0, 0.1) is 0 Å². The van der Waals surface area contributed by atoms with E-state index in [1.165, 1.54) is 0 Å². The summed E-state index contributed by atoms with van der Waals surface area (Å²) >= 11 is 0. The Labute approximate surface area is 148 Å². The summed E-state index contributed by atoms with van der Waals surface area (Å²) in [5, 5.41) is 13.0. The van der Waals surface area contributed by atoms with Crippen LogP contribution in [-0.2, 0) is 6.42 Å². The number of anilines is 1. The van der Waals surface area contributed by atoms with Gasteiger partial charge in [0.15, 0.2) is 5.56 Å². The lowest BCUT2D eigenvalue weighted by atomic mass is 10.1. The van der Waals surface area contributed by atoms with Crippen LogP contribution in [0.15, 0.2) is 64.2 Å². The van der Waals surface area contributed by atoms with Crippen molar-refractivity contribution in [1.29, 1.82) is 0 Å². The van der Waals surface area contributed by atoms with Crippen LogP contribution in [0.4, 0.5) is 5.69 Å². The number of nitrogens with one attached hydrogen (secondary N) is 2. The van der Waals surface area contributed by atoms with E-state index in [4.69, 9.17) is 0 Å². The van der Waals surface area contributed by atoms with Gasteiger partial charge in [-0.2, -0.15) is 0 Å². The highest BCUT2D eigenvalue weighted by atomic mass is 16.3. The maximum Gasteiger partial charge on any atom is 0.335 e. The summed E-state index contributed by atoms with van der Waals surface area (Å²) in [5.41, 5.74) is -0.466. The van der Waals surface area contributed by atoms with E-state index in [0.29, 0.717) is 11.4 Å². The molecule has 1 amide bonds. The molecule has 26 heavy (non-hydrogen) atoms. The number of rotatable bonds is 4. The van der Waals surface area contributed by atoms with Gasteiger partial charge < -0.3 is 10.4 Å². The van der Waals surface area contributed by atoms with Gasteiger partial charge in [0, 0.05) is 5.69 Å². The fourth-order valence-corrected chi connectivity index (χ4v) is 2.57. The monoisotopic (exact) mass is 351 g/mol. The number of aromatic amines is 1. The molecule has 0 aliphatic carbocycles. The summed E-state index contributed by atoms with van der Waals surface area (Å²) in [4.78, 5) is 38.8. The number of aryl methyl sites for hydroxylation is 1. The zero-order valence-electron chi connectivity index (χ0n) is 14.0. The van der Waals surface area contributed by atoms with E-state index in [0.717, 1.165) is 16.6 Å². The van der Waals surface area contributed by atoms with Crippen molar-refractivity contribution < 1.29 is 9.90 Å². The van der Waals surface area contributed by atoms with Gasteiger partial charge in [0.2, 0.25) is 5.88 Å². The molecular formula is C19H17N3O4. The Kier molecular flexibility index (Phi) is 4.70. The largest absolute Gasteiger partial charge is 0.493 e. The van der Waals surface area contributed by atoms with Gasteiger partial charge >= 0.3 is 5.69 Å². The van der Waals surface area contributed by atoms with Crippen LogP contribution in [0.2, 0.25) is 0 Å². The second-order valence-electron chi connectivity index (χ2n) is 5.63. The molecule has 3 N–H and O–H groups in total. The van der Waals surface area contributed by atoms with Crippen LogP contribution in [0.5, 0.6) is 5.88 Å². The van der Waals surface area contributed by atoms with Crippen LogP contribution >= 0.6 is 0 Å². The third-order valence-corrected chi connectivity index (χ3v) is 3.95. The van der Waals surface area contributed by atoms with Gasteiger partial charge in [-0.25, -0.2) is 9.36 Å². The van der Waals surface area contributed by atoms with E-state index >= 15 is 0 Å². The third kappa shape index (κ3) is 3.27. The molecule has 132 valence electrons. The minimum atomic E-state index is -0.956. The van der Waals surface area contributed by atoms with Crippen LogP contribution in [-0.4, -0.2) is 20.6 Å². The molecule has 7 nitrogen and oxygen atoms in total. The van der Waals surface area contributed by atoms with E-state index in [-0.39, 0.29) is 0 Å². The number of H-pyrrole nitrogens is 1. The summed E-state index contributed by atoms with van der Waals surface area (Å²) < 4.78 is 0.890. The Hall–Kier alpha value is -3.61. The molecule has 0 bridgehead atoms. The van der Waals surface area contributed by atoms with Crippen molar-refractivity contribution in [2.45, 2.75) is 13.3 Å². The first-order chi connectivity index (χ1) is 12.5. The van der Waals surface area contributed by atoms with Gasteiger partial charge in [0.05, 0.1) is 5.69 Å². The number of para-hydroxylation sites is 1. The molecule has 0 unspecified atom stereocenters. The summed E-state index contributed by atoms with van der Waals surface area (Å²) in [6.07, 6.45) is 0.817. The molecule has 7 heteroatoms. The highest BCUT2D eigenvalue weighted by Gasteiger charge is 2.22. The van der Waals surface area contributed by atoms with Crippen molar-refractivity contribution in [3.8, 4) is 11.6 Å². The van der Waals surface area contributed by atoms with E-state index in [1.807, 2.05) is 6.92 Å². The van der Waals surface area contributed by atoms with Gasteiger partial charge in [-0.1, -0.05) is 37.3 Å². The predicted molar refractivity (Wildman–Crippen MR) is 98.1 cm³/mol. The second kappa shape index (κ2) is 7.10. The first-order valence-corrected chi connectivity index (χ1v) is 8.05. The number of aromatic nitrogens is 2. The lowest BCUT2D eigenvalue weighted by molar-refractivity contribution is 0.102. The number of carbonyl (C=O) groups excluding carboxylic acids is 1. The van der Waals surface area contributed by atoms with Crippen molar-refractivity contribution in [3.63, 3.8) is 0 Å². The minimum Gasteiger partial charge on any atom is -0.493 e. The average molecular weight is 351 g/mol. The molecule has 0 atom stereocenters. The smallest absolute Gasteiger partial charge is 0.335 e. The Balaban J connectivity index is 2.08. The first-order valence-electron chi connectivity index (χ1n) is 8.05. The van der Waals surface area contributed by atoms with Gasteiger partial charge in [-0.05, 0) is 36.2 Å². The highest BCUT2D eigenvalue weighted by molar-refractivity contribution is 6.05. The van der Waals surface area contributed by atoms with Crippen LogP contribution in [0.1, 0.15) is 22.8 Å². The summed E-state index contributed by atoms with van der Waals surface area (Å²) in [6, 6.07) is 15.4. The number of amides is 1. The number of hydrogen-bond donors (Lipinski definition) is 3. The van der Waals surface area contributed by atoms with Crippen molar-refractivity contribution in [1.82, 2.24) is 9.55 Å². The summed E-state index contributed by atoms with van der Waals surface area (Å²) in [7, 11) is 0. The van der Waals surface area contributed by atoms with Crippen LogP contribution in [0.3, 0.4) is 0 Å². The van der Waals surface area contributed by atoms with Gasteiger partial charge in [0.1, 0.15) is 0 Å². The number of carbonyl (C=O) groups is 1. The molecule has 1 aromatic heterocycles. The van der Waals surface area contributed by atoms with Gasteiger partial charge in [0.25, 0.3) is 11.5 Å². The van der Waals surface area contributed by atoms with E-state index in [2.05, 4.69) is 10.3 Å². The fraction of sp³-hybridized carbons (Fsp3) is 0.105.